The molecule has 0 heterocycles. The molecule has 3 rings (SSSR count). The van der Waals surface area contributed by atoms with Gasteiger partial charge < -0.3 is 0 Å². The quantitative estimate of drug-likeness (QED) is 0.706. The summed E-state index contributed by atoms with van der Waals surface area (Å²) >= 11 is 0. The zero-order valence-corrected chi connectivity index (χ0v) is 11.3. The predicted molar refractivity (Wildman–Crippen MR) is 79.2 cm³/mol. The van der Waals surface area contributed by atoms with Gasteiger partial charge in [0, 0.05) is 22.3 Å². The molecule has 98 valence electrons. The lowest BCUT2D eigenvalue weighted by Gasteiger charge is -2.18. The summed E-state index contributed by atoms with van der Waals surface area (Å²) in [5.74, 6) is -0.151. The van der Waals surface area contributed by atoms with Crippen molar-refractivity contribution in [1.29, 1.82) is 0 Å². The minimum atomic E-state index is -0.0761. The normalized spacial score (nSPS) is 12.8. The predicted octanol–water partition coefficient (Wildman–Crippen LogP) is 3.67. The second-order valence-electron chi connectivity index (χ2n) is 4.90. The van der Waals surface area contributed by atoms with Crippen molar-refractivity contribution in [3.63, 3.8) is 0 Å². The fraction of sp³-hybridized carbons (Fsp3) is 0.111. The van der Waals surface area contributed by atoms with Gasteiger partial charge in [0.05, 0.1) is 0 Å². The zero-order chi connectivity index (χ0) is 14.3. The Kier molecular flexibility index (Phi) is 2.87. The van der Waals surface area contributed by atoms with Crippen molar-refractivity contribution in [2.45, 2.75) is 13.3 Å². The molecule has 0 aromatic heterocycles. The first-order valence-corrected chi connectivity index (χ1v) is 6.64. The van der Waals surface area contributed by atoms with Crippen molar-refractivity contribution in [1.82, 2.24) is 0 Å². The van der Waals surface area contributed by atoms with Crippen LogP contribution in [0.25, 0.3) is 6.08 Å². The van der Waals surface area contributed by atoms with E-state index < -0.39 is 0 Å². The molecule has 0 unspecified atom stereocenters. The van der Waals surface area contributed by atoms with Crippen LogP contribution in [0.2, 0.25) is 0 Å². The van der Waals surface area contributed by atoms with Crippen LogP contribution in [0, 0.1) is 0 Å². The molecule has 0 N–H and O–H groups in total. The second kappa shape index (κ2) is 4.57. The molecule has 0 radical (unpaired) electrons. The molecular formula is C18H14O2. The van der Waals surface area contributed by atoms with E-state index in [1.165, 1.54) is 0 Å². The summed E-state index contributed by atoms with van der Waals surface area (Å²) in [5, 5.41) is 0. The SMILES string of the molecule is C=Cc1ccc2c(c1)C(=O)c1cc(CC)ccc1C2=O. The molecule has 2 nitrogen and oxygen atoms in total. The molecule has 0 spiro atoms. The van der Waals surface area contributed by atoms with E-state index in [0.29, 0.717) is 22.3 Å². The summed E-state index contributed by atoms with van der Waals surface area (Å²) in [4.78, 5) is 25.1. The van der Waals surface area contributed by atoms with Gasteiger partial charge in [-0.05, 0) is 35.7 Å². The molecule has 2 aromatic carbocycles. The van der Waals surface area contributed by atoms with E-state index >= 15 is 0 Å². The van der Waals surface area contributed by atoms with Crippen LogP contribution in [-0.2, 0) is 6.42 Å². The molecule has 1 aliphatic rings. The van der Waals surface area contributed by atoms with Crippen molar-refractivity contribution in [3.05, 3.63) is 76.4 Å². The molecule has 0 atom stereocenters. The van der Waals surface area contributed by atoms with Crippen LogP contribution < -0.4 is 0 Å². The van der Waals surface area contributed by atoms with Gasteiger partial charge in [-0.1, -0.05) is 37.8 Å². The summed E-state index contributed by atoms with van der Waals surface area (Å²) < 4.78 is 0. The highest BCUT2D eigenvalue weighted by Gasteiger charge is 2.29. The van der Waals surface area contributed by atoms with E-state index in [2.05, 4.69) is 6.58 Å². The van der Waals surface area contributed by atoms with E-state index in [-0.39, 0.29) is 11.6 Å². The van der Waals surface area contributed by atoms with Crippen molar-refractivity contribution < 1.29 is 9.59 Å². The lowest BCUT2D eigenvalue weighted by molar-refractivity contribution is 0.0979. The van der Waals surface area contributed by atoms with E-state index in [1.807, 2.05) is 25.1 Å². The van der Waals surface area contributed by atoms with Gasteiger partial charge in [-0.3, -0.25) is 9.59 Å². The molecular weight excluding hydrogens is 248 g/mol. The molecule has 0 fully saturated rings. The van der Waals surface area contributed by atoms with E-state index in [1.54, 1.807) is 24.3 Å². The van der Waals surface area contributed by atoms with Crippen LogP contribution in [-0.4, -0.2) is 11.6 Å². The third kappa shape index (κ3) is 1.73. The molecule has 2 heteroatoms. The maximum atomic E-state index is 12.6. The van der Waals surface area contributed by atoms with Gasteiger partial charge in [-0.25, -0.2) is 0 Å². The summed E-state index contributed by atoms with van der Waals surface area (Å²) in [7, 11) is 0. The topological polar surface area (TPSA) is 34.1 Å². The Morgan fingerprint density at radius 3 is 2.15 bits per heavy atom. The first kappa shape index (κ1) is 12.5. The Bertz CT molecular complexity index is 754. The number of ketones is 2. The van der Waals surface area contributed by atoms with Gasteiger partial charge in [0.1, 0.15) is 0 Å². The van der Waals surface area contributed by atoms with Crippen molar-refractivity contribution in [2.75, 3.05) is 0 Å². The smallest absolute Gasteiger partial charge is 0.194 e. The number of hydrogen-bond donors (Lipinski definition) is 0. The Morgan fingerprint density at radius 1 is 0.900 bits per heavy atom. The van der Waals surface area contributed by atoms with Gasteiger partial charge in [0.15, 0.2) is 11.6 Å². The molecule has 0 saturated heterocycles. The van der Waals surface area contributed by atoms with Crippen LogP contribution in [0.3, 0.4) is 0 Å². The highest BCUT2D eigenvalue weighted by molar-refractivity contribution is 6.28. The summed E-state index contributed by atoms with van der Waals surface area (Å²) in [6.45, 7) is 5.73. The number of hydrogen-bond acceptors (Lipinski definition) is 2. The Hall–Kier alpha value is -2.48. The molecule has 2 aromatic rings. The fourth-order valence-electron chi connectivity index (χ4n) is 2.56. The first-order chi connectivity index (χ1) is 9.65. The Balaban J connectivity index is 2.25. The molecule has 20 heavy (non-hydrogen) atoms. The van der Waals surface area contributed by atoms with Crippen molar-refractivity contribution in [2.24, 2.45) is 0 Å². The fourth-order valence-corrected chi connectivity index (χ4v) is 2.56. The number of aryl methyl sites for hydroxylation is 1. The Morgan fingerprint density at radius 2 is 1.50 bits per heavy atom. The van der Waals surface area contributed by atoms with E-state index in [4.69, 9.17) is 0 Å². The van der Waals surface area contributed by atoms with E-state index in [0.717, 1.165) is 17.5 Å². The number of rotatable bonds is 2. The largest absolute Gasteiger partial charge is 0.289 e. The molecule has 0 bridgehead atoms. The van der Waals surface area contributed by atoms with Gasteiger partial charge in [-0.2, -0.15) is 0 Å². The van der Waals surface area contributed by atoms with Crippen molar-refractivity contribution >= 4 is 17.6 Å². The van der Waals surface area contributed by atoms with Crippen LogP contribution in [0.5, 0.6) is 0 Å². The number of fused-ring (bicyclic) bond motifs is 2. The minimum Gasteiger partial charge on any atom is -0.289 e. The number of carbonyl (C=O) groups excluding carboxylic acids is 2. The molecule has 0 amide bonds. The average molecular weight is 262 g/mol. The number of benzene rings is 2. The maximum absolute atomic E-state index is 12.6. The zero-order valence-electron chi connectivity index (χ0n) is 11.3. The van der Waals surface area contributed by atoms with Crippen molar-refractivity contribution in [3.8, 4) is 0 Å². The summed E-state index contributed by atoms with van der Waals surface area (Å²) in [6, 6.07) is 10.8. The minimum absolute atomic E-state index is 0.0754. The van der Waals surface area contributed by atoms with Gasteiger partial charge in [0.25, 0.3) is 0 Å². The van der Waals surface area contributed by atoms with E-state index in [9.17, 15) is 9.59 Å². The number of carbonyl (C=O) groups is 2. The molecule has 0 aliphatic heterocycles. The third-order valence-electron chi connectivity index (χ3n) is 3.75. The van der Waals surface area contributed by atoms with Crippen LogP contribution in [0.15, 0.2) is 43.0 Å². The third-order valence-corrected chi connectivity index (χ3v) is 3.75. The van der Waals surface area contributed by atoms with Crippen LogP contribution in [0.4, 0.5) is 0 Å². The van der Waals surface area contributed by atoms with Gasteiger partial charge >= 0.3 is 0 Å². The van der Waals surface area contributed by atoms with Gasteiger partial charge in [0.2, 0.25) is 0 Å². The second-order valence-corrected chi connectivity index (χ2v) is 4.90. The molecule has 1 aliphatic carbocycles. The molecule has 0 saturated carbocycles. The van der Waals surface area contributed by atoms with Gasteiger partial charge in [-0.15, -0.1) is 0 Å². The average Bonchev–Trinajstić information content (AvgIpc) is 2.51. The lowest BCUT2D eigenvalue weighted by Crippen LogP contribution is -2.21. The Labute approximate surface area is 117 Å². The van der Waals surface area contributed by atoms with Crippen LogP contribution >= 0.6 is 0 Å². The highest BCUT2D eigenvalue weighted by atomic mass is 16.1. The van der Waals surface area contributed by atoms with Crippen LogP contribution in [0.1, 0.15) is 49.9 Å². The highest BCUT2D eigenvalue weighted by Crippen LogP contribution is 2.29. The first-order valence-electron chi connectivity index (χ1n) is 6.64. The lowest BCUT2D eigenvalue weighted by atomic mass is 9.82. The standard InChI is InChI=1S/C18H14O2/c1-3-11-5-7-13-15(9-11)18(20)16-10-12(4-2)6-8-14(16)17(13)19/h3,5-10H,1,4H2,2H3. The maximum Gasteiger partial charge on any atom is 0.194 e. The summed E-state index contributed by atoms with van der Waals surface area (Å²) in [5.41, 5.74) is 3.90. The monoisotopic (exact) mass is 262 g/mol. The summed E-state index contributed by atoms with van der Waals surface area (Å²) in [6.07, 6.45) is 2.52.